The Bertz CT molecular complexity index is 898. The van der Waals surface area contributed by atoms with Crippen molar-refractivity contribution in [1.29, 1.82) is 0 Å². The van der Waals surface area contributed by atoms with Crippen molar-refractivity contribution in [1.82, 2.24) is 19.4 Å². The van der Waals surface area contributed by atoms with E-state index >= 15 is 0 Å². The van der Waals surface area contributed by atoms with E-state index in [4.69, 9.17) is 0 Å². The second kappa shape index (κ2) is 3.10. The highest BCUT2D eigenvalue weighted by atomic mass is 15.1. The Labute approximate surface area is 103 Å². The van der Waals surface area contributed by atoms with Crippen molar-refractivity contribution in [3.63, 3.8) is 0 Å². The third kappa shape index (κ3) is 1.09. The van der Waals surface area contributed by atoms with E-state index in [0.29, 0.717) is 0 Å². The molecule has 0 radical (unpaired) electrons. The number of imidazole rings is 1. The topological polar surface area (TPSA) is 46.0 Å². The fourth-order valence-electron chi connectivity index (χ4n) is 2.60. The van der Waals surface area contributed by atoms with Crippen LogP contribution in [0.3, 0.4) is 0 Å². The summed E-state index contributed by atoms with van der Waals surface area (Å²) in [5, 5.41) is 1.15. The largest absolute Gasteiger partial charge is 0.339 e. The van der Waals surface area contributed by atoms with Crippen molar-refractivity contribution in [3.8, 4) is 0 Å². The molecule has 1 aromatic carbocycles. The van der Waals surface area contributed by atoms with E-state index in [1.54, 1.807) is 0 Å². The van der Waals surface area contributed by atoms with Crippen LogP contribution in [0, 0.1) is 13.8 Å². The Hall–Kier alpha value is -2.36. The van der Waals surface area contributed by atoms with Crippen molar-refractivity contribution in [2.45, 2.75) is 13.8 Å². The summed E-state index contributed by atoms with van der Waals surface area (Å²) in [5.74, 6) is 0.763. The summed E-state index contributed by atoms with van der Waals surface area (Å²) >= 11 is 0. The maximum absolute atomic E-state index is 4.65. The van der Waals surface area contributed by atoms with Crippen molar-refractivity contribution in [3.05, 3.63) is 41.7 Å². The number of hydrogen-bond acceptors (Lipinski definition) is 2. The number of rotatable bonds is 0. The summed E-state index contributed by atoms with van der Waals surface area (Å²) in [4.78, 5) is 12.6. The van der Waals surface area contributed by atoms with Gasteiger partial charge in [0.2, 0.25) is 5.78 Å². The number of fused-ring (bicyclic) bond motifs is 5. The minimum atomic E-state index is 0.763. The third-order valence-corrected chi connectivity index (χ3v) is 3.34. The van der Waals surface area contributed by atoms with Crippen LogP contribution in [0.15, 0.2) is 30.3 Å². The van der Waals surface area contributed by atoms with Crippen LogP contribution in [0.4, 0.5) is 0 Å². The average molecular weight is 236 g/mol. The quantitative estimate of drug-likeness (QED) is 0.510. The molecule has 0 spiro atoms. The van der Waals surface area contributed by atoms with E-state index in [2.05, 4.69) is 44.5 Å². The lowest BCUT2D eigenvalue weighted by Gasteiger charge is -2.00. The molecular weight excluding hydrogens is 224 g/mol. The number of aryl methyl sites for hydroxylation is 2. The Morgan fingerprint density at radius 2 is 1.94 bits per heavy atom. The van der Waals surface area contributed by atoms with Gasteiger partial charge in [0.25, 0.3) is 0 Å². The lowest BCUT2D eigenvalue weighted by Crippen LogP contribution is -1.96. The monoisotopic (exact) mass is 236 g/mol. The molecule has 3 aromatic heterocycles. The highest BCUT2D eigenvalue weighted by Gasteiger charge is 2.13. The molecule has 0 saturated heterocycles. The molecule has 0 amide bonds. The zero-order valence-corrected chi connectivity index (χ0v) is 10.2. The van der Waals surface area contributed by atoms with E-state index < -0.39 is 0 Å². The van der Waals surface area contributed by atoms with Crippen molar-refractivity contribution in [2.75, 3.05) is 0 Å². The Morgan fingerprint density at radius 1 is 1.11 bits per heavy atom. The molecule has 4 rings (SSSR count). The van der Waals surface area contributed by atoms with E-state index in [9.17, 15) is 0 Å². The van der Waals surface area contributed by atoms with E-state index in [1.807, 2.05) is 19.1 Å². The zero-order chi connectivity index (χ0) is 12.3. The fourth-order valence-corrected chi connectivity index (χ4v) is 2.60. The molecule has 4 nitrogen and oxygen atoms in total. The number of benzene rings is 1. The van der Waals surface area contributed by atoms with Crippen LogP contribution in [0.1, 0.15) is 11.4 Å². The molecule has 4 heteroatoms. The molecule has 4 aromatic rings. The maximum Gasteiger partial charge on any atom is 0.236 e. The summed E-state index contributed by atoms with van der Waals surface area (Å²) in [7, 11) is 0. The van der Waals surface area contributed by atoms with Crippen molar-refractivity contribution < 1.29 is 0 Å². The molecule has 0 unspecified atom stereocenters. The zero-order valence-electron chi connectivity index (χ0n) is 10.2. The molecule has 0 atom stereocenters. The first kappa shape index (κ1) is 9.65. The summed E-state index contributed by atoms with van der Waals surface area (Å²) in [6.45, 7) is 4.07. The van der Waals surface area contributed by atoms with E-state index in [0.717, 1.165) is 39.2 Å². The van der Waals surface area contributed by atoms with Gasteiger partial charge in [-0.1, -0.05) is 18.2 Å². The summed E-state index contributed by atoms with van der Waals surface area (Å²) in [5.41, 5.74) is 5.27. The van der Waals surface area contributed by atoms with Gasteiger partial charge in [-0.05, 0) is 26.0 Å². The standard InChI is InChI=1S/C14H12N4/c1-8-7-9(2)18-13-12(17-14(18)15-8)10-5-3-4-6-11(10)16-13/h3-7,16H,1-2H3. The SMILES string of the molecule is Cc1cc(C)n2c(n1)nc1c3ccccc3[nH]c12. The van der Waals surface area contributed by atoms with Crippen LogP contribution < -0.4 is 0 Å². The first-order valence-electron chi connectivity index (χ1n) is 5.97. The number of nitrogens with one attached hydrogen (secondary N) is 1. The van der Waals surface area contributed by atoms with Gasteiger partial charge in [-0.15, -0.1) is 0 Å². The van der Waals surface area contributed by atoms with Crippen LogP contribution in [-0.2, 0) is 0 Å². The van der Waals surface area contributed by atoms with Gasteiger partial charge in [-0.25, -0.2) is 9.97 Å². The van der Waals surface area contributed by atoms with E-state index in [-0.39, 0.29) is 0 Å². The van der Waals surface area contributed by atoms with Crippen LogP contribution in [0.2, 0.25) is 0 Å². The number of aromatic amines is 1. The minimum absolute atomic E-state index is 0.763. The molecule has 88 valence electrons. The lowest BCUT2D eigenvalue weighted by molar-refractivity contribution is 1.02. The Balaban J connectivity index is 2.31. The summed E-state index contributed by atoms with van der Waals surface area (Å²) in [6, 6.07) is 10.3. The van der Waals surface area contributed by atoms with Crippen molar-refractivity contribution >= 4 is 27.8 Å². The molecule has 0 aliphatic rings. The second-order valence-corrected chi connectivity index (χ2v) is 4.65. The maximum atomic E-state index is 4.65. The molecule has 0 bridgehead atoms. The lowest BCUT2D eigenvalue weighted by atomic mass is 10.2. The van der Waals surface area contributed by atoms with Crippen molar-refractivity contribution in [2.24, 2.45) is 0 Å². The number of para-hydroxylation sites is 1. The number of H-pyrrole nitrogens is 1. The van der Waals surface area contributed by atoms with Crippen LogP contribution in [0.5, 0.6) is 0 Å². The molecule has 0 saturated carbocycles. The first-order chi connectivity index (χ1) is 8.74. The van der Waals surface area contributed by atoms with Crippen LogP contribution >= 0.6 is 0 Å². The smallest absolute Gasteiger partial charge is 0.236 e. The third-order valence-electron chi connectivity index (χ3n) is 3.34. The van der Waals surface area contributed by atoms with Gasteiger partial charge in [0.15, 0.2) is 0 Å². The molecule has 1 N–H and O–H groups in total. The molecular formula is C14H12N4. The number of aromatic nitrogens is 4. The van der Waals surface area contributed by atoms with Gasteiger partial charge in [-0.3, -0.25) is 4.40 Å². The van der Waals surface area contributed by atoms with Gasteiger partial charge in [-0.2, -0.15) is 0 Å². The molecule has 0 aliphatic heterocycles. The second-order valence-electron chi connectivity index (χ2n) is 4.65. The predicted molar refractivity (Wildman–Crippen MR) is 71.8 cm³/mol. The normalized spacial score (nSPS) is 11.9. The molecule has 0 fully saturated rings. The summed E-state index contributed by atoms with van der Waals surface area (Å²) < 4.78 is 2.07. The minimum Gasteiger partial charge on any atom is -0.339 e. The van der Waals surface area contributed by atoms with Crippen LogP contribution in [0.25, 0.3) is 27.8 Å². The highest BCUT2D eigenvalue weighted by Crippen LogP contribution is 2.25. The number of hydrogen-bond donors (Lipinski definition) is 1. The van der Waals surface area contributed by atoms with Gasteiger partial charge in [0.1, 0.15) is 11.2 Å². The Kier molecular flexibility index (Phi) is 1.66. The van der Waals surface area contributed by atoms with E-state index in [1.165, 1.54) is 0 Å². The molecule has 3 heterocycles. The fraction of sp³-hybridized carbons (Fsp3) is 0.143. The highest BCUT2D eigenvalue weighted by molar-refractivity contribution is 6.05. The number of nitrogens with zero attached hydrogens (tertiary/aromatic N) is 3. The average Bonchev–Trinajstić information content (AvgIpc) is 2.83. The molecule has 18 heavy (non-hydrogen) atoms. The van der Waals surface area contributed by atoms with Gasteiger partial charge in [0.05, 0.1) is 0 Å². The van der Waals surface area contributed by atoms with Gasteiger partial charge >= 0.3 is 0 Å². The van der Waals surface area contributed by atoms with Gasteiger partial charge < -0.3 is 4.98 Å². The first-order valence-corrected chi connectivity index (χ1v) is 5.97. The predicted octanol–water partition coefficient (Wildman–Crippen LogP) is 2.98. The summed E-state index contributed by atoms with van der Waals surface area (Å²) in [6.07, 6.45) is 0. The molecule has 0 aliphatic carbocycles. The van der Waals surface area contributed by atoms with Crippen LogP contribution in [-0.4, -0.2) is 19.4 Å². The van der Waals surface area contributed by atoms with Gasteiger partial charge in [0, 0.05) is 22.3 Å². The Morgan fingerprint density at radius 3 is 2.83 bits per heavy atom.